The number of ether oxygens (including phenoxy) is 2. The van der Waals surface area contributed by atoms with Crippen LogP contribution in [-0.4, -0.2) is 35.8 Å². The summed E-state index contributed by atoms with van der Waals surface area (Å²) in [5.41, 5.74) is 3.19. The summed E-state index contributed by atoms with van der Waals surface area (Å²) < 4.78 is 38.2. The van der Waals surface area contributed by atoms with Crippen LogP contribution in [0.3, 0.4) is 0 Å². The molecule has 3 aromatic carbocycles. The Bertz CT molecular complexity index is 1400. The van der Waals surface area contributed by atoms with E-state index in [-0.39, 0.29) is 25.2 Å². The average molecular weight is 495 g/mol. The van der Waals surface area contributed by atoms with Gasteiger partial charge < -0.3 is 19.3 Å². The number of aryl methyl sites for hydroxylation is 1. The summed E-state index contributed by atoms with van der Waals surface area (Å²) in [6.45, 7) is 2.47. The van der Waals surface area contributed by atoms with Gasteiger partial charge in [0.1, 0.15) is 0 Å². The van der Waals surface area contributed by atoms with Gasteiger partial charge in [-0.1, -0.05) is 23.8 Å². The maximum absolute atomic E-state index is 14.1. The van der Waals surface area contributed by atoms with Crippen LogP contribution in [0.25, 0.3) is 0 Å². The van der Waals surface area contributed by atoms with Gasteiger partial charge in [-0.05, 0) is 48.9 Å². The minimum absolute atomic E-state index is 0.0560. The second-order valence-electron chi connectivity index (χ2n) is 8.68. The van der Waals surface area contributed by atoms with Crippen molar-refractivity contribution in [1.29, 1.82) is 0 Å². The number of nitrogens with zero attached hydrogens (tertiary/aromatic N) is 2. The highest BCUT2D eigenvalue weighted by Crippen LogP contribution is 2.55. The molecule has 6 rings (SSSR count). The van der Waals surface area contributed by atoms with Crippen molar-refractivity contribution in [1.82, 2.24) is 4.90 Å². The second kappa shape index (κ2) is 7.98. The molecule has 1 spiro atoms. The minimum atomic E-state index is -1.24. The molecule has 3 aliphatic rings. The summed E-state index contributed by atoms with van der Waals surface area (Å²) in [5.74, 6) is -0.839. The zero-order valence-corrected chi connectivity index (χ0v) is 19.5. The first kappa shape index (κ1) is 21.9. The van der Waals surface area contributed by atoms with Crippen LogP contribution in [0.5, 0.6) is 11.5 Å². The van der Waals surface area contributed by atoms with Crippen LogP contribution < -0.4 is 14.4 Å². The van der Waals surface area contributed by atoms with Crippen molar-refractivity contribution in [2.24, 2.45) is 0 Å². The molecular weight excluding hydrogens is 474 g/mol. The molecule has 0 aromatic heterocycles. The molecular formula is C26H20F2N2O4S. The Morgan fingerprint density at radius 3 is 2.69 bits per heavy atom. The van der Waals surface area contributed by atoms with Gasteiger partial charge in [-0.3, -0.25) is 9.59 Å². The Labute approximate surface area is 204 Å². The quantitative estimate of drug-likeness (QED) is 0.533. The van der Waals surface area contributed by atoms with Crippen LogP contribution in [0, 0.1) is 18.6 Å². The van der Waals surface area contributed by atoms with Crippen molar-refractivity contribution < 1.29 is 27.8 Å². The molecule has 1 saturated heterocycles. The van der Waals surface area contributed by atoms with Gasteiger partial charge in [0.2, 0.25) is 6.79 Å². The lowest BCUT2D eigenvalue weighted by molar-refractivity contribution is -0.123. The molecule has 3 aliphatic heterocycles. The van der Waals surface area contributed by atoms with Gasteiger partial charge in [-0.15, -0.1) is 11.8 Å². The second-order valence-corrected chi connectivity index (χ2v) is 9.97. The summed E-state index contributed by atoms with van der Waals surface area (Å²) in [5, 5.41) is 0. The topological polar surface area (TPSA) is 59.1 Å². The predicted octanol–water partition coefficient (Wildman–Crippen LogP) is 4.59. The molecule has 1 atom stereocenters. The van der Waals surface area contributed by atoms with Gasteiger partial charge in [-0.2, -0.15) is 0 Å². The number of hydrogen-bond acceptors (Lipinski definition) is 5. The maximum atomic E-state index is 14.1. The fourth-order valence-electron chi connectivity index (χ4n) is 4.89. The van der Waals surface area contributed by atoms with E-state index < -0.39 is 16.5 Å². The highest BCUT2D eigenvalue weighted by molar-refractivity contribution is 8.01. The maximum Gasteiger partial charge on any atom is 0.268 e. The zero-order valence-electron chi connectivity index (χ0n) is 18.7. The van der Waals surface area contributed by atoms with E-state index in [1.807, 2.05) is 25.1 Å². The standard InChI is InChI=1S/C26H20F2N2O4S/c1-15-2-6-21-18(10-15)26(25(32)29(21)13-16-3-5-19(27)20(28)11-16)30(8-9-35-26)24(31)17-4-7-22-23(12-17)34-14-33-22/h2-7,10-12H,8-9,13-14H2,1H3/t26-/m0/s1. The van der Waals surface area contributed by atoms with Gasteiger partial charge in [0.05, 0.1) is 12.2 Å². The molecule has 0 bridgehead atoms. The first-order valence-corrected chi connectivity index (χ1v) is 12.1. The fourth-order valence-corrected chi connectivity index (χ4v) is 6.34. The number of anilines is 1. The van der Waals surface area contributed by atoms with Gasteiger partial charge in [0.15, 0.2) is 28.0 Å². The molecule has 0 radical (unpaired) electrons. The first-order chi connectivity index (χ1) is 16.9. The van der Waals surface area contributed by atoms with Gasteiger partial charge >= 0.3 is 0 Å². The Balaban J connectivity index is 1.42. The molecule has 0 N–H and O–H groups in total. The van der Waals surface area contributed by atoms with Crippen LogP contribution in [0.15, 0.2) is 54.6 Å². The molecule has 6 nitrogen and oxygen atoms in total. The Hall–Kier alpha value is -3.59. The number of amides is 2. The molecule has 3 aromatic rings. The van der Waals surface area contributed by atoms with E-state index in [1.54, 1.807) is 28.0 Å². The third-order valence-corrected chi connectivity index (χ3v) is 7.96. The van der Waals surface area contributed by atoms with Crippen LogP contribution in [0.2, 0.25) is 0 Å². The molecule has 9 heteroatoms. The van der Waals surface area contributed by atoms with E-state index in [9.17, 15) is 18.4 Å². The molecule has 3 heterocycles. The summed E-state index contributed by atoms with van der Waals surface area (Å²) >= 11 is 1.41. The predicted molar refractivity (Wildman–Crippen MR) is 126 cm³/mol. The summed E-state index contributed by atoms with van der Waals surface area (Å²) in [4.78, 5) is 29.8. The Morgan fingerprint density at radius 1 is 1.03 bits per heavy atom. The van der Waals surface area contributed by atoms with E-state index >= 15 is 0 Å². The molecule has 178 valence electrons. The first-order valence-electron chi connectivity index (χ1n) is 11.1. The summed E-state index contributed by atoms with van der Waals surface area (Å²) in [6, 6.07) is 14.3. The fraction of sp³-hybridized carbons (Fsp3) is 0.231. The Kier molecular flexibility index (Phi) is 5.00. The molecule has 1 fully saturated rings. The number of rotatable bonds is 3. The molecule has 0 saturated carbocycles. The third kappa shape index (κ3) is 3.29. The SMILES string of the molecule is Cc1ccc2c(c1)[C@]1(SCCN1C(=O)c1ccc3c(c1)OCO3)C(=O)N2Cc1ccc(F)c(F)c1. The molecule has 0 aliphatic carbocycles. The normalized spacial score (nSPS) is 20.1. The van der Waals surface area contributed by atoms with E-state index in [2.05, 4.69) is 0 Å². The Morgan fingerprint density at radius 2 is 1.86 bits per heavy atom. The van der Waals surface area contributed by atoms with Crippen LogP contribution in [0.1, 0.15) is 27.0 Å². The van der Waals surface area contributed by atoms with Gasteiger partial charge in [-0.25, -0.2) is 8.78 Å². The number of benzene rings is 3. The van der Waals surface area contributed by atoms with Crippen molar-refractivity contribution in [3.05, 3.63) is 88.5 Å². The monoisotopic (exact) mass is 494 g/mol. The van der Waals surface area contributed by atoms with Crippen LogP contribution >= 0.6 is 11.8 Å². The van der Waals surface area contributed by atoms with E-state index in [0.717, 1.165) is 23.3 Å². The molecule has 35 heavy (non-hydrogen) atoms. The lowest BCUT2D eigenvalue weighted by Crippen LogP contribution is -2.50. The smallest absolute Gasteiger partial charge is 0.268 e. The number of hydrogen-bond donors (Lipinski definition) is 0. The van der Waals surface area contributed by atoms with E-state index in [0.29, 0.717) is 40.6 Å². The average Bonchev–Trinajstić information content (AvgIpc) is 3.55. The summed E-state index contributed by atoms with van der Waals surface area (Å²) in [6.07, 6.45) is 0. The third-order valence-electron chi connectivity index (χ3n) is 6.54. The summed E-state index contributed by atoms with van der Waals surface area (Å²) in [7, 11) is 0. The lowest BCUT2D eigenvalue weighted by Gasteiger charge is -2.33. The van der Waals surface area contributed by atoms with E-state index in [4.69, 9.17) is 9.47 Å². The van der Waals surface area contributed by atoms with Crippen molar-refractivity contribution in [3.63, 3.8) is 0 Å². The number of carbonyl (C=O) groups excluding carboxylic acids is 2. The number of carbonyl (C=O) groups is 2. The molecule has 2 amide bonds. The van der Waals surface area contributed by atoms with Crippen molar-refractivity contribution >= 4 is 29.3 Å². The van der Waals surface area contributed by atoms with Gasteiger partial charge in [0, 0.05) is 23.4 Å². The highest BCUT2D eigenvalue weighted by atomic mass is 32.2. The van der Waals surface area contributed by atoms with E-state index in [1.165, 1.54) is 17.8 Å². The zero-order chi connectivity index (χ0) is 24.3. The van der Waals surface area contributed by atoms with Gasteiger partial charge in [0.25, 0.3) is 11.8 Å². The highest BCUT2D eigenvalue weighted by Gasteiger charge is 2.59. The van der Waals surface area contributed by atoms with Crippen molar-refractivity contribution in [2.75, 3.05) is 24.0 Å². The van der Waals surface area contributed by atoms with Crippen LogP contribution in [0.4, 0.5) is 14.5 Å². The number of thioether (sulfide) groups is 1. The largest absolute Gasteiger partial charge is 0.454 e. The van der Waals surface area contributed by atoms with Crippen molar-refractivity contribution in [2.45, 2.75) is 18.3 Å². The van der Waals surface area contributed by atoms with Crippen molar-refractivity contribution in [3.8, 4) is 11.5 Å². The number of fused-ring (bicyclic) bond motifs is 3. The minimum Gasteiger partial charge on any atom is -0.454 e. The van der Waals surface area contributed by atoms with Crippen LogP contribution in [-0.2, 0) is 16.2 Å². The lowest BCUT2D eigenvalue weighted by atomic mass is 10.0. The molecule has 0 unspecified atom stereocenters. The number of halogens is 2.